The second-order valence-electron chi connectivity index (χ2n) is 6.91. The van der Waals surface area contributed by atoms with Gasteiger partial charge in [0.2, 0.25) is 5.91 Å². The van der Waals surface area contributed by atoms with Crippen molar-refractivity contribution in [3.63, 3.8) is 0 Å². The van der Waals surface area contributed by atoms with Gasteiger partial charge in [-0.05, 0) is 48.8 Å². The molecule has 0 radical (unpaired) electrons. The van der Waals surface area contributed by atoms with Gasteiger partial charge in [-0.3, -0.25) is 4.79 Å². The molecule has 0 aromatic heterocycles. The minimum absolute atomic E-state index is 0.0256. The summed E-state index contributed by atoms with van der Waals surface area (Å²) in [5, 5.41) is 3.11. The molecule has 1 N–H and O–H groups in total. The molecule has 0 aliphatic heterocycles. The summed E-state index contributed by atoms with van der Waals surface area (Å²) in [5.41, 5.74) is 0.744. The van der Waals surface area contributed by atoms with Crippen LogP contribution in [0.3, 0.4) is 0 Å². The monoisotopic (exact) mass is 337 g/mol. The van der Waals surface area contributed by atoms with Gasteiger partial charge < -0.3 is 5.32 Å². The molecule has 0 heterocycles. The number of rotatable bonds is 5. The first-order valence-corrected chi connectivity index (χ1v) is 10.1. The summed E-state index contributed by atoms with van der Waals surface area (Å²) in [7, 11) is -3.23. The SMILES string of the molecule is CCS(=O)(=O)c1cccc(CC(=O)NC2C[C@H](C)C[C@@H](C)C2)c1. The zero-order valence-electron chi connectivity index (χ0n) is 14.2. The van der Waals surface area contributed by atoms with E-state index >= 15 is 0 Å². The summed E-state index contributed by atoms with van der Waals surface area (Å²) in [6.45, 7) is 6.09. The van der Waals surface area contributed by atoms with Crippen molar-refractivity contribution in [3.05, 3.63) is 29.8 Å². The van der Waals surface area contributed by atoms with Gasteiger partial charge in [-0.2, -0.15) is 0 Å². The second kappa shape index (κ2) is 7.47. The highest BCUT2D eigenvalue weighted by atomic mass is 32.2. The maximum atomic E-state index is 12.3. The van der Waals surface area contributed by atoms with Crippen LogP contribution in [0.25, 0.3) is 0 Å². The third kappa shape index (κ3) is 5.06. The van der Waals surface area contributed by atoms with Crippen LogP contribution in [-0.4, -0.2) is 26.1 Å². The Balaban J connectivity index is 1.99. The Hall–Kier alpha value is -1.36. The predicted octanol–water partition coefficient (Wildman–Crippen LogP) is 2.96. The fourth-order valence-electron chi connectivity index (χ4n) is 3.54. The molecule has 0 bridgehead atoms. The number of hydrogen-bond donors (Lipinski definition) is 1. The molecular weight excluding hydrogens is 310 g/mol. The summed E-state index contributed by atoms with van der Waals surface area (Å²) in [6, 6.07) is 6.95. The first kappa shape index (κ1) is 18.0. The molecule has 1 amide bonds. The van der Waals surface area contributed by atoms with E-state index in [2.05, 4.69) is 19.2 Å². The maximum Gasteiger partial charge on any atom is 0.224 e. The van der Waals surface area contributed by atoms with Crippen LogP contribution >= 0.6 is 0 Å². The van der Waals surface area contributed by atoms with Crippen LogP contribution in [-0.2, 0) is 21.1 Å². The molecule has 1 aliphatic rings. The molecule has 0 unspecified atom stereocenters. The minimum Gasteiger partial charge on any atom is -0.353 e. The highest BCUT2D eigenvalue weighted by molar-refractivity contribution is 7.91. The first-order valence-electron chi connectivity index (χ1n) is 8.41. The largest absolute Gasteiger partial charge is 0.353 e. The smallest absolute Gasteiger partial charge is 0.224 e. The Morgan fingerprint density at radius 2 is 1.83 bits per heavy atom. The third-order valence-corrected chi connectivity index (χ3v) is 6.28. The molecule has 1 aromatic rings. The number of amides is 1. The molecule has 0 spiro atoms. The van der Waals surface area contributed by atoms with Crippen LogP contribution in [0, 0.1) is 11.8 Å². The predicted molar refractivity (Wildman–Crippen MR) is 92.0 cm³/mol. The fourth-order valence-corrected chi connectivity index (χ4v) is 4.49. The number of hydrogen-bond acceptors (Lipinski definition) is 3. The minimum atomic E-state index is -3.23. The molecule has 5 heteroatoms. The van der Waals surface area contributed by atoms with E-state index in [1.54, 1.807) is 31.2 Å². The molecule has 1 aromatic carbocycles. The number of nitrogens with one attached hydrogen (secondary N) is 1. The van der Waals surface area contributed by atoms with Gasteiger partial charge in [0.25, 0.3) is 0 Å². The van der Waals surface area contributed by atoms with Crippen molar-refractivity contribution in [1.82, 2.24) is 5.32 Å². The lowest BCUT2D eigenvalue weighted by Crippen LogP contribution is -2.40. The molecule has 0 saturated heterocycles. The molecule has 1 fully saturated rings. The standard InChI is InChI=1S/C18H27NO3S/c1-4-23(21,22)17-7-5-6-15(11-17)12-18(20)19-16-9-13(2)8-14(3)10-16/h5-7,11,13-14,16H,4,8-10,12H2,1-3H3,(H,19,20)/t13-,14-/m1/s1. The number of carbonyl (C=O) groups excluding carboxylic acids is 1. The average molecular weight is 337 g/mol. The first-order chi connectivity index (χ1) is 10.8. The van der Waals surface area contributed by atoms with E-state index in [0.717, 1.165) is 18.4 Å². The normalized spacial score (nSPS) is 25.1. The van der Waals surface area contributed by atoms with Crippen molar-refractivity contribution in [2.75, 3.05) is 5.75 Å². The van der Waals surface area contributed by atoms with Gasteiger partial charge in [0.1, 0.15) is 0 Å². The van der Waals surface area contributed by atoms with E-state index in [1.807, 2.05) is 0 Å². The van der Waals surface area contributed by atoms with E-state index in [9.17, 15) is 13.2 Å². The average Bonchev–Trinajstić information content (AvgIpc) is 2.46. The third-order valence-electron chi connectivity index (χ3n) is 4.55. The second-order valence-corrected chi connectivity index (χ2v) is 9.19. The van der Waals surface area contributed by atoms with Crippen molar-refractivity contribution in [2.45, 2.75) is 57.4 Å². The van der Waals surface area contributed by atoms with Crippen molar-refractivity contribution in [3.8, 4) is 0 Å². The molecule has 2 atom stereocenters. The Morgan fingerprint density at radius 3 is 2.43 bits per heavy atom. The molecule has 4 nitrogen and oxygen atoms in total. The summed E-state index contributed by atoms with van der Waals surface area (Å²) in [5.74, 6) is 1.33. The zero-order chi connectivity index (χ0) is 17.0. The number of benzene rings is 1. The van der Waals surface area contributed by atoms with E-state index in [4.69, 9.17) is 0 Å². The highest BCUT2D eigenvalue weighted by Gasteiger charge is 2.25. The number of carbonyl (C=O) groups is 1. The van der Waals surface area contributed by atoms with Crippen LogP contribution in [0.1, 0.15) is 45.6 Å². The van der Waals surface area contributed by atoms with E-state index in [-0.39, 0.29) is 24.1 Å². The molecular formula is C18H27NO3S. The Labute approximate surface area is 139 Å². The van der Waals surface area contributed by atoms with Gasteiger partial charge in [0.15, 0.2) is 9.84 Å². The van der Waals surface area contributed by atoms with Gasteiger partial charge in [-0.15, -0.1) is 0 Å². The Morgan fingerprint density at radius 1 is 1.17 bits per heavy atom. The van der Waals surface area contributed by atoms with Crippen LogP contribution < -0.4 is 5.32 Å². The maximum absolute atomic E-state index is 12.3. The molecule has 1 aliphatic carbocycles. The van der Waals surface area contributed by atoms with Gasteiger partial charge in [0.05, 0.1) is 17.1 Å². The van der Waals surface area contributed by atoms with Gasteiger partial charge >= 0.3 is 0 Å². The lowest BCUT2D eigenvalue weighted by atomic mass is 9.80. The van der Waals surface area contributed by atoms with Gasteiger partial charge in [0, 0.05) is 6.04 Å². The quantitative estimate of drug-likeness (QED) is 0.898. The molecule has 1 saturated carbocycles. The summed E-state index contributed by atoms with van der Waals surface area (Å²) in [6.07, 6.45) is 3.51. The Kier molecular flexibility index (Phi) is 5.84. The van der Waals surface area contributed by atoms with Crippen LogP contribution in [0.4, 0.5) is 0 Å². The van der Waals surface area contributed by atoms with Crippen molar-refractivity contribution in [2.24, 2.45) is 11.8 Å². The molecule has 2 rings (SSSR count). The van der Waals surface area contributed by atoms with Crippen LogP contribution in [0.15, 0.2) is 29.2 Å². The number of sulfone groups is 1. The summed E-state index contributed by atoms with van der Waals surface area (Å²) < 4.78 is 23.9. The van der Waals surface area contributed by atoms with Crippen LogP contribution in [0.2, 0.25) is 0 Å². The highest BCUT2D eigenvalue weighted by Crippen LogP contribution is 2.28. The summed E-state index contributed by atoms with van der Waals surface area (Å²) in [4.78, 5) is 12.6. The van der Waals surface area contributed by atoms with E-state index < -0.39 is 9.84 Å². The molecule has 128 valence electrons. The van der Waals surface area contributed by atoms with Crippen LogP contribution in [0.5, 0.6) is 0 Å². The lowest BCUT2D eigenvalue weighted by molar-refractivity contribution is -0.121. The molecule has 23 heavy (non-hydrogen) atoms. The van der Waals surface area contributed by atoms with E-state index in [1.165, 1.54) is 6.42 Å². The zero-order valence-corrected chi connectivity index (χ0v) is 15.0. The van der Waals surface area contributed by atoms with Crippen molar-refractivity contribution in [1.29, 1.82) is 0 Å². The van der Waals surface area contributed by atoms with Gasteiger partial charge in [-0.25, -0.2) is 8.42 Å². The van der Waals surface area contributed by atoms with Gasteiger partial charge in [-0.1, -0.05) is 32.9 Å². The summed E-state index contributed by atoms with van der Waals surface area (Å²) >= 11 is 0. The van der Waals surface area contributed by atoms with Crippen molar-refractivity contribution >= 4 is 15.7 Å². The van der Waals surface area contributed by atoms with E-state index in [0.29, 0.717) is 16.7 Å². The van der Waals surface area contributed by atoms with Crippen molar-refractivity contribution < 1.29 is 13.2 Å². The Bertz CT molecular complexity index is 644. The topological polar surface area (TPSA) is 63.2 Å². The lowest BCUT2D eigenvalue weighted by Gasteiger charge is -2.32. The fraction of sp³-hybridized carbons (Fsp3) is 0.611.